The first-order valence-electron chi connectivity index (χ1n) is 6.92. The maximum Gasteiger partial charge on any atom is 0.254 e. The van der Waals surface area contributed by atoms with Gasteiger partial charge in [-0.15, -0.1) is 0 Å². The van der Waals surface area contributed by atoms with Crippen molar-refractivity contribution in [1.82, 2.24) is 15.2 Å². The van der Waals surface area contributed by atoms with Crippen LogP contribution in [0.3, 0.4) is 0 Å². The number of nitrogens with zero attached hydrogens (tertiary/aromatic N) is 2. The van der Waals surface area contributed by atoms with Crippen LogP contribution in [0.1, 0.15) is 35.8 Å². The van der Waals surface area contributed by atoms with E-state index in [4.69, 9.17) is 5.73 Å². The van der Waals surface area contributed by atoms with E-state index in [1.165, 1.54) is 0 Å². The summed E-state index contributed by atoms with van der Waals surface area (Å²) in [5.41, 5.74) is 7.08. The van der Waals surface area contributed by atoms with Crippen molar-refractivity contribution in [3.05, 3.63) is 23.4 Å². The van der Waals surface area contributed by atoms with Gasteiger partial charge < -0.3 is 16.0 Å². The molecule has 0 aliphatic carbocycles. The lowest BCUT2D eigenvalue weighted by molar-refractivity contribution is -0.121. The van der Waals surface area contributed by atoms with Crippen LogP contribution in [0.15, 0.2) is 12.1 Å². The van der Waals surface area contributed by atoms with Gasteiger partial charge in [-0.2, -0.15) is 0 Å². The number of anilines is 1. The van der Waals surface area contributed by atoms with Crippen LogP contribution in [0.5, 0.6) is 0 Å². The fourth-order valence-corrected chi connectivity index (χ4v) is 2.28. The third-order valence-corrected chi connectivity index (χ3v) is 3.20. The topological polar surface area (TPSA) is 88.3 Å². The van der Waals surface area contributed by atoms with Crippen LogP contribution in [0.4, 0.5) is 5.82 Å². The lowest BCUT2D eigenvalue weighted by Crippen LogP contribution is -2.37. The molecule has 1 saturated heterocycles. The summed E-state index contributed by atoms with van der Waals surface area (Å²) in [4.78, 5) is 29.8. The Morgan fingerprint density at radius 1 is 1.50 bits per heavy atom. The van der Waals surface area contributed by atoms with Gasteiger partial charge in [0.05, 0.1) is 6.54 Å². The number of aryl methyl sites for hydroxylation is 1. The Labute approximate surface area is 118 Å². The number of amides is 2. The van der Waals surface area contributed by atoms with Gasteiger partial charge in [-0.25, -0.2) is 4.98 Å². The van der Waals surface area contributed by atoms with Crippen LogP contribution in [-0.4, -0.2) is 41.3 Å². The zero-order valence-electron chi connectivity index (χ0n) is 11.7. The molecule has 6 heteroatoms. The number of hydrogen-bond acceptors (Lipinski definition) is 4. The van der Waals surface area contributed by atoms with Gasteiger partial charge >= 0.3 is 0 Å². The number of carbonyl (C=O) groups excluding carboxylic acids is 2. The summed E-state index contributed by atoms with van der Waals surface area (Å²) in [5, 5.41) is 2.75. The summed E-state index contributed by atoms with van der Waals surface area (Å²) in [6.07, 6.45) is 2.49. The number of rotatable bonds is 3. The summed E-state index contributed by atoms with van der Waals surface area (Å²) in [6, 6.07) is 3.34. The summed E-state index contributed by atoms with van der Waals surface area (Å²) >= 11 is 0. The van der Waals surface area contributed by atoms with Crippen molar-refractivity contribution in [2.75, 3.05) is 25.4 Å². The summed E-state index contributed by atoms with van der Waals surface area (Å²) in [6.45, 7) is 3.33. The van der Waals surface area contributed by atoms with Crippen molar-refractivity contribution in [3.8, 4) is 0 Å². The van der Waals surface area contributed by atoms with E-state index in [-0.39, 0.29) is 18.4 Å². The lowest BCUT2D eigenvalue weighted by Gasteiger charge is -2.19. The highest BCUT2D eigenvalue weighted by Gasteiger charge is 2.21. The van der Waals surface area contributed by atoms with E-state index in [0.29, 0.717) is 24.5 Å². The van der Waals surface area contributed by atoms with Crippen molar-refractivity contribution >= 4 is 17.6 Å². The summed E-state index contributed by atoms with van der Waals surface area (Å²) in [5.74, 6) is 0.0683. The van der Waals surface area contributed by atoms with Crippen molar-refractivity contribution < 1.29 is 9.59 Å². The maximum absolute atomic E-state index is 12.5. The number of nitrogen functional groups attached to an aromatic ring is 1. The van der Waals surface area contributed by atoms with Gasteiger partial charge in [0.15, 0.2) is 0 Å². The van der Waals surface area contributed by atoms with Gasteiger partial charge in [-0.3, -0.25) is 9.59 Å². The zero-order valence-corrected chi connectivity index (χ0v) is 11.7. The van der Waals surface area contributed by atoms with Crippen LogP contribution in [0.25, 0.3) is 0 Å². The van der Waals surface area contributed by atoms with Crippen LogP contribution >= 0.6 is 0 Å². The molecular weight excluding hydrogens is 256 g/mol. The highest BCUT2D eigenvalue weighted by Crippen LogP contribution is 2.13. The first kappa shape index (κ1) is 14.3. The van der Waals surface area contributed by atoms with Crippen LogP contribution in [0.2, 0.25) is 0 Å². The Hall–Kier alpha value is -2.11. The van der Waals surface area contributed by atoms with Crippen molar-refractivity contribution in [2.24, 2.45) is 0 Å². The molecule has 0 atom stereocenters. The number of hydrogen-bond donors (Lipinski definition) is 2. The first-order valence-corrected chi connectivity index (χ1v) is 6.92. The predicted molar refractivity (Wildman–Crippen MR) is 76.2 cm³/mol. The zero-order chi connectivity index (χ0) is 14.5. The number of carbonyl (C=O) groups is 2. The average Bonchev–Trinajstić information content (AvgIpc) is 2.62. The van der Waals surface area contributed by atoms with E-state index in [1.54, 1.807) is 17.0 Å². The second-order valence-corrected chi connectivity index (χ2v) is 4.95. The second kappa shape index (κ2) is 6.36. The molecule has 0 aromatic carbocycles. The van der Waals surface area contributed by atoms with E-state index < -0.39 is 0 Å². The standard InChI is InChI=1S/C14H20N4O2/c1-2-4-11-7-10(8-12(15)17-11)14(20)18-6-3-5-16-13(19)9-18/h7-8H,2-6,9H2,1H3,(H2,15,17)(H,16,19). The minimum absolute atomic E-state index is 0.101. The number of nitrogens with one attached hydrogen (secondary N) is 1. The molecule has 2 heterocycles. The van der Waals surface area contributed by atoms with Gasteiger partial charge in [0.1, 0.15) is 5.82 Å². The second-order valence-electron chi connectivity index (χ2n) is 4.95. The molecule has 0 radical (unpaired) electrons. The van der Waals surface area contributed by atoms with E-state index >= 15 is 0 Å². The molecule has 6 nitrogen and oxygen atoms in total. The third-order valence-electron chi connectivity index (χ3n) is 3.20. The monoisotopic (exact) mass is 276 g/mol. The van der Waals surface area contributed by atoms with Gasteiger partial charge in [-0.05, 0) is 25.0 Å². The average molecular weight is 276 g/mol. The van der Waals surface area contributed by atoms with Crippen molar-refractivity contribution in [3.63, 3.8) is 0 Å². The molecule has 0 saturated carbocycles. The number of nitrogens with two attached hydrogens (primary N) is 1. The predicted octanol–water partition coefficient (Wildman–Crippen LogP) is 0.578. The van der Waals surface area contributed by atoms with Gasteiger partial charge in [-0.1, -0.05) is 13.3 Å². The molecule has 1 aromatic heterocycles. The van der Waals surface area contributed by atoms with Crippen molar-refractivity contribution in [2.45, 2.75) is 26.2 Å². The molecule has 0 unspecified atom stereocenters. The minimum Gasteiger partial charge on any atom is -0.384 e. The Bertz CT molecular complexity index is 516. The van der Waals surface area contributed by atoms with Gasteiger partial charge in [0.2, 0.25) is 5.91 Å². The molecule has 1 aromatic rings. The molecule has 1 aliphatic rings. The molecule has 3 N–H and O–H groups in total. The minimum atomic E-state index is -0.159. The molecule has 0 bridgehead atoms. The van der Waals surface area contributed by atoms with Gasteiger partial charge in [0, 0.05) is 24.3 Å². The van der Waals surface area contributed by atoms with E-state index in [2.05, 4.69) is 10.3 Å². The molecule has 20 heavy (non-hydrogen) atoms. The summed E-state index contributed by atoms with van der Waals surface area (Å²) < 4.78 is 0. The number of aromatic nitrogens is 1. The Morgan fingerprint density at radius 2 is 2.30 bits per heavy atom. The van der Waals surface area contributed by atoms with Crippen LogP contribution in [-0.2, 0) is 11.2 Å². The molecular formula is C14H20N4O2. The molecule has 0 spiro atoms. The van der Waals surface area contributed by atoms with Gasteiger partial charge in [0.25, 0.3) is 5.91 Å². The summed E-state index contributed by atoms with van der Waals surface area (Å²) in [7, 11) is 0. The largest absolute Gasteiger partial charge is 0.384 e. The molecule has 108 valence electrons. The van der Waals surface area contributed by atoms with Crippen LogP contribution < -0.4 is 11.1 Å². The van der Waals surface area contributed by atoms with E-state index in [1.807, 2.05) is 6.92 Å². The quantitative estimate of drug-likeness (QED) is 0.845. The first-order chi connectivity index (χ1) is 9.60. The fourth-order valence-electron chi connectivity index (χ4n) is 2.28. The lowest BCUT2D eigenvalue weighted by atomic mass is 10.1. The Kier molecular flexibility index (Phi) is 4.55. The maximum atomic E-state index is 12.5. The fraction of sp³-hybridized carbons (Fsp3) is 0.500. The van der Waals surface area contributed by atoms with Crippen molar-refractivity contribution in [1.29, 1.82) is 0 Å². The Morgan fingerprint density at radius 3 is 3.05 bits per heavy atom. The molecule has 2 rings (SSSR count). The molecule has 2 amide bonds. The Balaban J connectivity index is 2.21. The molecule has 1 aliphatic heterocycles. The number of pyridine rings is 1. The van der Waals surface area contributed by atoms with E-state index in [0.717, 1.165) is 25.0 Å². The normalized spacial score (nSPS) is 15.7. The highest BCUT2D eigenvalue weighted by molar-refractivity contribution is 5.97. The highest BCUT2D eigenvalue weighted by atomic mass is 16.2. The third kappa shape index (κ3) is 3.46. The SMILES string of the molecule is CCCc1cc(C(=O)N2CCCNC(=O)C2)cc(N)n1. The smallest absolute Gasteiger partial charge is 0.254 e. The molecule has 1 fully saturated rings. The van der Waals surface area contributed by atoms with E-state index in [9.17, 15) is 9.59 Å². The van der Waals surface area contributed by atoms with Crippen LogP contribution in [0, 0.1) is 0 Å².